The Bertz CT molecular complexity index is 861. The van der Waals surface area contributed by atoms with Gasteiger partial charge >= 0.3 is 0 Å². The van der Waals surface area contributed by atoms with Gasteiger partial charge in [0.1, 0.15) is 5.82 Å². The zero-order chi connectivity index (χ0) is 18.8. The molecule has 2 heterocycles. The molecule has 6 nitrogen and oxygen atoms in total. The minimum Gasteiger partial charge on any atom is -0.347 e. The second-order valence-corrected chi connectivity index (χ2v) is 7.24. The van der Waals surface area contributed by atoms with Gasteiger partial charge in [0.2, 0.25) is 5.91 Å². The number of amides is 3. The topological polar surface area (TPSA) is 69.7 Å². The Labute approximate surface area is 154 Å². The summed E-state index contributed by atoms with van der Waals surface area (Å²) >= 11 is 1.32. The molecule has 3 amide bonds. The Morgan fingerprint density at radius 3 is 2.58 bits per heavy atom. The van der Waals surface area contributed by atoms with Crippen LogP contribution in [0.25, 0.3) is 0 Å². The summed E-state index contributed by atoms with van der Waals surface area (Å²) in [7, 11) is 3.24. The maximum Gasteiger partial charge on any atom is 0.261 e. The van der Waals surface area contributed by atoms with Gasteiger partial charge in [0.25, 0.3) is 11.8 Å². The summed E-state index contributed by atoms with van der Waals surface area (Å²) in [4.78, 5) is 40.9. The molecule has 1 N–H and O–H groups in total. The van der Waals surface area contributed by atoms with Crippen molar-refractivity contribution >= 4 is 34.7 Å². The lowest BCUT2D eigenvalue weighted by molar-refractivity contribution is -0.127. The van der Waals surface area contributed by atoms with Crippen molar-refractivity contribution in [3.8, 4) is 0 Å². The van der Waals surface area contributed by atoms with Gasteiger partial charge in [0, 0.05) is 37.5 Å². The van der Waals surface area contributed by atoms with Gasteiger partial charge in [-0.05, 0) is 30.3 Å². The molecule has 136 valence electrons. The van der Waals surface area contributed by atoms with Crippen LogP contribution in [0, 0.1) is 5.82 Å². The molecule has 0 fully saturated rings. The number of nitrogens with zero attached hydrogens (tertiary/aromatic N) is 2. The number of hydrogen-bond donors (Lipinski definition) is 1. The summed E-state index contributed by atoms with van der Waals surface area (Å²) < 4.78 is 13.0. The number of thiophene rings is 1. The van der Waals surface area contributed by atoms with Crippen LogP contribution in [0.15, 0.2) is 30.3 Å². The van der Waals surface area contributed by atoms with Gasteiger partial charge in [-0.25, -0.2) is 4.39 Å². The Morgan fingerprint density at radius 2 is 1.92 bits per heavy atom. The van der Waals surface area contributed by atoms with Gasteiger partial charge in [0.15, 0.2) is 0 Å². The zero-order valence-electron chi connectivity index (χ0n) is 14.4. The first-order valence-electron chi connectivity index (χ1n) is 8.05. The molecule has 0 saturated heterocycles. The van der Waals surface area contributed by atoms with E-state index in [-0.39, 0.29) is 24.3 Å². The van der Waals surface area contributed by atoms with E-state index < -0.39 is 5.82 Å². The highest BCUT2D eigenvalue weighted by molar-refractivity contribution is 7.14. The van der Waals surface area contributed by atoms with Crippen molar-refractivity contribution in [2.24, 2.45) is 0 Å². The van der Waals surface area contributed by atoms with Crippen LogP contribution in [-0.2, 0) is 11.2 Å². The molecule has 26 heavy (non-hydrogen) atoms. The molecule has 0 spiro atoms. The Morgan fingerprint density at radius 1 is 1.23 bits per heavy atom. The van der Waals surface area contributed by atoms with Crippen LogP contribution in [0.5, 0.6) is 0 Å². The summed E-state index contributed by atoms with van der Waals surface area (Å²) in [5.41, 5.74) is 1.10. The normalized spacial score (nSPS) is 12.7. The molecule has 3 rings (SSSR count). The van der Waals surface area contributed by atoms with Crippen LogP contribution in [0.3, 0.4) is 0 Å². The van der Waals surface area contributed by atoms with Crippen LogP contribution in [0.1, 0.15) is 24.9 Å². The number of fused-ring (bicyclic) bond motifs is 1. The molecule has 2 aromatic rings. The van der Waals surface area contributed by atoms with Crippen molar-refractivity contribution < 1.29 is 18.8 Å². The minimum atomic E-state index is -0.398. The van der Waals surface area contributed by atoms with Crippen molar-refractivity contribution in [1.29, 1.82) is 0 Å². The quantitative estimate of drug-likeness (QED) is 0.888. The van der Waals surface area contributed by atoms with Crippen LogP contribution in [0.2, 0.25) is 0 Å². The maximum atomic E-state index is 13.0. The number of halogens is 1. The van der Waals surface area contributed by atoms with Crippen LogP contribution >= 0.6 is 11.3 Å². The predicted octanol–water partition coefficient (Wildman–Crippen LogP) is 1.91. The van der Waals surface area contributed by atoms with Crippen molar-refractivity contribution in [1.82, 2.24) is 10.2 Å². The van der Waals surface area contributed by atoms with Crippen molar-refractivity contribution in [3.05, 3.63) is 51.5 Å². The average Bonchev–Trinajstić information content (AvgIpc) is 3.19. The molecule has 1 aromatic heterocycles. The minimum absolute atomic E-state index is 0.0768. The van der Waals surface area contributed by atoms with Crippen molar-refractivity contribution in [2.75, 3.05) is 32.1 Å². The van der Waals surface area contributed by atoms with E-state index >= 15 is 0 Å². The summed E-state index contributed by atoms with van der Waals surface area (Å²) in [6, 6.07) is 7.06. The first-order valence-corrected chi connectivity index (χ1v) is 8.87. The van der Waals surface area contributed by atoms with E-state index in [9.17, 15) is 18.8 Å². The first-order chi connectivity index (χ1) is 12.4. The molecule has 1 aliphatic heterocycles. The zero-order valence-corrected chi connectivity index (χ0v) is 15.2. The monoisotopic (exact) mass is 375 g/mol. The Kier molecular flexibility index (Phi) is 5.03. The number of carbonyl (C=O) groups is 3. The van der Waals surface area contributed by atoms with E-state index in [1.807, 2.05) is 0 Å². The number of benzene rings is 1. The highest BCUT2D eigenvalue weighted by atomic mass is 32.1. The lowest BCUT2D eigenvalue weighted by Crippen LogP contribution is -2.36. The average molecular weight is 375 g/mol. The lowest BCUT2D eigenvalue weighted by Gasteiger charge is -2.16. The molecule has 0 aliphatic carbocycles. The summed E-state index contributed by atoms with van der Waals surface area (Å²) in [5, 5.41) is 2.59. The third-order valence-corrected chi connectivity index (χ3v) is 5.28. The fraction of sp³-hybridized carbons (Fsp3) is 0.278. The third-order valence-electron chi connectivity index (χ3n) is 4.10. The summed E-state index contributed by atoms with van der Waals surface area (Å²) in [6.07, 6.45) is 0.664. The van der Waals surface area contributed by atoms with Crippen LogP contribution < -0.4 is 10.2 Å². The number of nitrogens with one attached hydrogen (secondary N) is 1. The second kappa shape index (κ2) is 7.25. The summed E-state index contributed by atoms with van der Waals surface area (Å²) in [5.74, 6) is -1.16. The van der Waals surface area contributed by atoms with E-state index in [1.54, 1.807) is 25.1 Å². The van der Waals surface area contributed by atoms with Gasteiger partial charge in [-0.2, -0.15) is 0 Å². The highest BCUT2D eigenvalue weighted by Gasteiger charge is 2.29. The van der Waals surface area contributed by atoms with Crippen molar-refractivity contribution in [3.63, 3.8) is 0 Å². The molecule has 0 bridgehead atoms. The number of anilines is 1. The maximum absolute atomic E-state index is 13.0. The molecule has 0 atom stereocenters. The molecule has 0 saturated carbocycles. The number of hydrogen-bond acceptors (Lipinski definition) is 4. The van der Waals surface area contributed by atoms with Gasteiger partial charge in [-0.3, -0.25) is 14.4 Å². The van der Waals surface area contributed by atoms with Gasteiger partial charge < -0.3 is 15.1 Å². The SMILES string of the molecule is CN(C)C(=O)CNC(=O)c1cc2c(s1)CCN2C(=O)c1ccc(F)cc1. The van der Waals surface area contributed by atoms with Gasteiger partial charge in [-0.1, -0.05) is 0 Å². The van der Waals surface area contributed by atoms with E-state index in [4.69, 9.17) is 0 Å². The smallest absolute Gasteiger partial charge is 0.261 e. The predicted molar refractivity (Wildman–Crippen MR) is 97.1 cm³/mol. The Hall–Kier alpha value is -2.74. The van der Waals surface area contributed by atoms with E-state index in [2.05, 4.69) is 5.32 Å². The molecule has 8 heteroatoms. The highest BCUT2D eigenvalue weighted by Crippen LogP contribution is 2.36. The van der Waals surface area contributed by atoms with Gasteiger partial charge in [-0.15, -0.1) is 11.3 Å². The molecular formula is C18H18FN3O3S. The van der Waals surface area contributed by atoms with Gasteiger partial charge in [0.05, 0.1) is 17.1 Å². The molecule has 0 radical (unpaired) electrons. The number of rotatable bonds is 4. The van der Waals surface area contributed by atoms with E-state index in [0.717, 1.165) is 4.88 Å². The summed E-state index contributed by atoms with van der Waals surface area (Å²) in [6.45, 7) is 0.449. The van der Waals surface area contributed by atoms with E-state index in [1.165, 1.54) is 40.5 Å². The Balaban J connectivity index is 1.73. The number of likely N-dealkylation sites (N-methyl/N-ethyl adjacent to an activating group) is 1. The first kappa shape index (κ1) is 18.1. The standard InChI is InChI=1S/C18H18FN3O3S/c1-21(2)16(23)10-20-17(24)15-9-13-14(26-15)7-8-22(13)18(25)11-3-5-12(19)6-4-11/h3-6,9H,7-8,10H2,1-2H3,(H,20,24). The molecule has 1 aromatic carbocycles. The molecule has 0 unspecified atom stereocenters. The second-order valence-electron chi connectivity index (χ2n) is 6.10. The molecule has 1 aliphatic rings. The number of carbonyl (C=O) groups excluding carboxylic acids is 3. The lowest BCUT2D eigenvalue weighted by atomic mass is 10.2. The van der Waals surface area contributed by atoms with Crippen molar-refractivity contribution in [2.45, 2.75) is 6.42 Å². The van der Waals surface area contributed by atoms with Crippen LogP contribution in [0.4, 0.5) is 10.1 Å². The van der Waals surface area contributed by atoms with E-state index in [0.29, 0.717) is 29.1 Å². The van der Waals surface area contributed by atoms with Crippen LogP contribution in [-0.4, -0.2) is 49.8 Å². The fourth-order valence-electron chi connectivity index (χ4n) is 2.63. The fourth-order valence-corrected chi connectivity index (χ4v) is 3.70. The largest absolute Gasteiger partial charge is 0.347 e. The molecular weight excluding hydrogens is 357 g/mol. The third kappa shape index (κ3) is 3.60.